The Hall–Kier alpha value is -3.68. The maximum Gasteiger partial charge on any atom is 0.410 e. The van der Waals surface area contributed by atoms with Gasteiger partial charge in [-0.3, -0.25) is 4.79 Å². The van der Waals surface area contributed by atoms with E-state index < -0.39 is 23.8 Å². The van der Waals surface area contributed by atoms with Crippen LogP contribution in [-0.2, 0) is 33.7 Å². The van der Waals surface area contributed by atoms with Crippen LogP contribution in [0.3, 0.4) is 0 Å². The minimum atomic E-state index is -0.918. The van der Waals surface area contributed by atoms with Crippen LogP contribution in [0.1, 0.15) is 62.4 Å². The normalized spacial score (nSPS) is 19.9. The number of hydrogen-bond donors (Lipinski definition) is 1. The number of aliphatic hydroxyl groups excluding tert-OH is 1. The summed E-state index contributed by atoms with van der Waals surface area (Å²) in [5.41, 5.74) is 3.48. The lowest BCUT2D eigenvalue weighted by Crippen LogP contribution is -2.49. The molecule has 0 bridgehead atoms. The first-order chi connectivity index (χ1) is 20.6. The molecule has 5 rings (SSSR count). The van der Waals surface area contributed by atoms with Crippen molar-refractivity contribution in [3.8, 4) is 0 Å². The maximum atomic E-state index is 14.5. The van der Waals surface area contributed by atoms with Crippen molar-refractivity contribution in [3.63, 3.8) is 0 Å². The number of carbonyl (C=O) groups is 2. The van der Waals surface area contributed by atoms with Crippen LogP contribution in [0, 0.1) is 11.8 Å². The minimum Gasteiger partial charge on any atom is -0.445 e. The van der Waals surface area contributed by atoms with Crippen LogP contribution in [-0.4, -0.2) is 57.9 Å². The van der Waals surface area contributed by atoms with E-state index in [1.807, 2.05) is 105 Å². The first-order valence-electron chi connectivity index (χ1n) is 15.4. The molecule has 0 saturated carbocycles. The van der Waals surface area contributed by atoms with Crippen LogP contribution in [0.25, 0.3) is 0 Å². The third-order valence-electron chi connectivity index (χ3n) is 8.39. The highest BCUT2D eigenvalue weighted by molar-refractivity contribution is 5.81. The summed E-state index contributed by atoms with van der Waals surface area (Å²) in [6.45, 7) is 8.64. The number of fused-ring (bicyclic) bond motifs is 3. The van der Waals surface area contributed by atoms with Crippen molar-refractivity contribution >= 4 is 12.0 Å². The topological polar surface area (TPSA) is 79.3 Å². The van der Waals surface area contributed by atoms with Gasteiger partial charge in [0.1, 0.15) is 12.3 Å². The zero-order valence-electron chi connectivity index (χ0n) is 25.7. The molecule has 4 atom stereocenters. The van der Waals surface area contributed by atoms with Crippen molar-refractivity contribution in [2.24, 2.45) is 11.8 Å². The zero-order chi connectivity index (χ0) is 30.6. The van der Waals surface area contributed by atoms with Crippen molar-refractivity contribution in [3.05, 3.63) is 107 Å². The van der Waals surface area contributed by atoms with E-state index in [0.29, 0.717) is 13.0 Å². The first-order valence-corrected chi connectivity index (χ1v) is 15.4. The molecule has 0 aromatic heterocycles. The van der Waals surface area contributed by atoms with Crippen LogP contribution in [0.2, 0.25) is 0 Å². The van der Waals surface area contributed by atoms with Gasteiger partial charge in [-0.25, -0.2) is 4.79 Å². The van der Waals surface area contributed by atoms with Gasteiger partial charge < -0.3 is 24.4 Å². The van der Waals surface area contributed by atoms with Crippen molar-refractivity contribution in [1.82, 2.24) is 9.80 Å². The van der Waals surface area contributed by atoms with Crippen molar-refractivity contribution in [1.29, 1.82) is 0 Å². The van der Waals surface area contributed by atoms with E-state index in [2.05, 4.69) is 12.1 Å². The number of rotatable bonds is 11. The van der Waals surface area contributed by atoms with E-state index >= 15 is 0 Å². The summed E-state index contributed by atoms with van der Waals surface area (Å²) < 4.78 is 12.1. The van der Waals surface area contributed by atoms with Gasteiger partial charge in [0.2, 0.25) is 5.91 Å². The number of carbonyl (C=O) groups excluding carboxylic acids is 2. The summed E-state index contributed by atoms with van der Waals surface area (Å²) >= 11 is 0. The molecule has 2 aliphatic rings. The molecule has 228 valence electrons. The van der Waals surface area contributed by atoms with Gasteiger partial charge >= 0.3 is 6.09 Å². The molecule has 1 aliphatic carbocycles. The molecule has 1 saturated heterocycles. The van der Waals surface area contributed by atoms with Crippen LogP contribution in [0.4, 0.5) is 4.79 Å². The predicted octanol–water partition coefficient (Wildman–Crippen LogP) is 6.15. The lowest BCUT2D eigenvalue weighted by molar-refractivity contribution is -0.153. The Morgan fingerprint density at radius 2 is 1.58 bits per heavy atom. The largest absolute Gasteiger partial charge is 0.445 e. The molecule has 2 amide bonds. The standard InChI is InChI=1S/C36H44N2O5/c1-25(2)22-37(35(41)42-24-27-15-9-6-10-16-27)23-30(39)20-29(19-26-13-7-5-8-14-26)34(40)38-33-31-18-12-11-17-28(31)21-32(33)43-36(38,3)4/h5-18,25,29-30,32-33,39H,19-24H2,1-4H3/t29-,30+,32-,33+/m1/s1. The van der Waals surface area contributed by atoms with Gasteiger partial charge in [-0.05, 0) is 54.9 Å². The Morgan fingerprint density at radius 1 is 0.953 bits per heavy atom. The van der Waals surface area contributed by atoms with Gasteiger partial charge in [0.15, 0.2) is 0 Å². The lowest BCUT2D eigenvalue weighted by Gasteiger charge is -2.37. The number of amides is 2. The molecule has 3 aromatic carbocycles. The average molecular weight is 585 g/mol. The van der Waals surface area contributed by atoms with E-state index in [1.54, 1.807) is 4.90 Å². The van der Waals surface area contributed by atoms with Crippen molar-refractivity contribution in [2.45, 2.75) is 77.5 Å². The average Bonchev–Trinajstić information content (AvgIpc) is 3.45. The second kappa shape index (κ2) is 13.3. The molecular formula is C36H44N2O5. The highest BCUT2D eigenvalue weighted by atomic mass is 16.6. The third kappa shape index (κ3) is 7.28. The molecule has 3 aromatic rings. The van der Waals surface area contributed by atoms with Gasteiger partial charge in [-0.2, -0.15) is 0 Å². The van der Waals surface area contributed by atoms with Crippen LogP contribution in [0.5, 0.6) is 0 Å². The third-order valence-corrected chi connectivity index (χ3v) is 8.39. The second-order valence-corrected chi connectivity index (χ2v) is 12.8. The monoisotopic (exact) mass is 584 g/mol. The highest BCUT2D eigenvalue weighted by Gasteiger charge is 2.54. The van der Waals surface area contributed by atoms with E-state index in [0.717, 1.165) is 23.1 Å². The molecule has 0 unspecified atom stereocenters. The lowest BCUT2D eigenvalue weighted by atomic mass is 9.90. The Kier molecular flexibility index (Phi) is 9.52. The van der Waals surface area contributed by atoms with Crippen LogP contribution < -0.4 is 0 Å². The summed E-state index contributed by atoms with van der Waals surface area (Å²) in [5.74, 6) is -0.368. The van der Waals surface area contributed by atoms with Gasteiger partial charge in [0.25, 0.3) is 0 Å². The maximum absolute atomic E-state index is 14.5. The first kappa shape index (κ1) is 30.8. The highest BCUT2D eigenvalue weighted by Crippen LogP contribution is 2.49. The summed E-state index contributed by atoms with van der Waals surface area (Å²) in [7, 11) is 0. The zero-order valence-corrected chi connectivity index (χ0v) is 25.7. The van der Waals surface area contributed by atoms with Gasteiger partial charge in [0.05, 0.1) is 18.2 Å². The summed E-state index contributed by atoms with van der Waals surface area (Å²) in [6.07, 6.45) is -0.0271. The van der Waals surface area contributed by atoms with E-state index in [-0.39, 0.29) is 43.5 Å². The van der Waals surface area contributed by atoms with Crippen molar-refractivity contribution in [2.75, 3.05) is 13.1 Å². The minimum absolute atomic E-state index is 0.0424. The number of hydrogen-bond acceptors (Lipinski definition) is 5. The molecule has 1 N–H and O–H groups in total. The molecule has 43 heavy (non-hydrogen) atoms. The number of ether oxygens (including phenoxy) is 2. The summed E-state index contributed by atoms with van der Waals surface area (Å²) in [4.78, 5) is 31.1. The van der Waals surface area contributed by atoms with E-state index in [9.17, 15) is 14.7 Å². The fraction of sp³-hybridized carbons (Fsp3) is 0.444. The molecule has 1 aliphatic heterocycles. The Bertz CT molecular complexity index is 1380. The second-order valence-electron chi connectivity index (χ2n) is 12.8. The summed E-state index contributed by atoms with van der Waals surface area (Å²) in [6, 6.07) is 27.5. The fourth-order valence-corrected chi connectivity index (χ4v) is 6.61. The van der Waals surface area contributed by atoms with E-state index in [4.69, 9.17) is 9.47 Å². The Labute approximate surface area is 255 Å². The van der Waals surface area contributed by atoms with Crippen LogP contribution in [0.15, 0.2) is 84.9 Å². The number of benzene rings is 3. The summed E-state index contributed by atoms with van der Waals surface area (Å²) in [5, 5.41) is 11.4. The Morgan fingerprint density at radius 3 is 2.26 bits per heavy atom. The predicted molar refractivity (Wildman–Crippen MR) is 166 cm³/mol. The molecule has 0 radical (unpaired) electrons. The Balaban J connectivity index is 1.34. The van der Waals surface area contributed by atoms with Gasteiger partial charge in [0, 0.05) is 25.4 Å². The van der Waals surface area contributed by atoms with Gasteiger partial charge in [-0.15, -0.1) is 0 Å². The molecule has 1 heterocycles. The van der Waals surface area contributed by atoms with Crippen LogP contribution >= 0.6 is 0 Å². The molecule has 1 fully saturated rings. The fourth-order valence-electron chi connectivity index (χ4n) is 6.61. The molecule has 7 nitrogen and oxygen atoms in total. The molecule has 0 spiro atoms. The smallest absolute Gasteiger partial charge is 0.410 e. The van der Waals surface area contributed by atoms with Crippen molar-refractivity contribution < 1.29 is 24.2 Å². The van der Waals surface area contributed by atoms with E-state index in [1.165, 1.54) is 5.56 Å². The number of nitrogens with zero attached hydrogens (tertiary/aromatic N) is 2. The molecular weight excluding hydrogens is 540 g/mol. The SMILES string of the molecule is CC(C)CN(C[C@@H](O)C[C@@H](Cc1ccccc1)C(=O)N1[C@H]2c3ccccc3C[C@H]2OC1(C)C)C(=O)OCc1ccccc1. The quantitative estimate of drug-likeness (QED) is 0.292. The molecule has 7 heteroatoms. The van der Waals surface area contributed by atoms with Gasteiger partial charge in [-0.1, -0.05) is 98.8 Å². The number of aliphatic hydroxyl groups is 1.